The molecule has 0 bridgehead atoms. The Labute approximate surface area is 197 Å². The highest BCUT2D eigenvalue weighted by atomic mass is 32.2. The highest BCUT2D eigenvalue weighted by Crippen LogP contribution is 2.28. The molecule has 0 aliphatic rings. The third-order valence-electron chi connectivity index (χ3n) is 5.38. The Hall–Kier alpha value is -3.05. The minimum atomic E-state index is -3.84. The van der Waals surface area contributed by atoms with Gasteiger partial charge in [0.2, 0.25) is 15.8 Å². The highest BCUT2D eigenvalue weighted by molar-refractivity contribution is 7.92. The third-order valence-corrected chi connectivity index (χ3v) is 6.85. The number of rotatable bonds is 12. The smallest absolute Gasteiger partial charge is 0.232 e. The lowest BCUT2D eigenvalue weighted by Gasteiger charge is -2.17. The van der Waals surface area contributed by atoms with Crippen LogP contribution in [0.5, 0.6) is 5.75 Å². The number of hydrogen-bond acceptors (Lipinski definition) is 6. The molecule has 11 heteroatoms. The maximum absolute atomic E-state index is 15.1. The van der Waals surface area contributed by atoms with E-state index < -0.39 is 38.7 Å². The fourth-order valence-corrected chi connectivity index (χ4v) is 4.68. The molecule has 0 unspecified atom stereocenters. The molecule has 0 aliphatic heterocycles. The second-order valence-electron chi connectivity index (χ2n) is 7.68. The molecule has 34 heavy (non-hydrogen) atoms. The van der Waals surface area contributed by atoms with Gasteiger partial charge in [-0.2, -0.15) is 0 Å². The van der Waals surface area contributed by atoms with E-state index in [1.807, 2.05) is 0 Å². The summed E-state index contributed by atoms with van der Waals surface area (Å²) in [5.41, 5.74) is -1.01. The molecule has 0 spiro atoms. The Kier molecular flexibility index (Phi) is 8.21. The summed E-state index contributed by atoms with van der Waals surface area (Å²) in [5, 5.41) is 0.334. The average Bonchev–Trinajstić information content (AvgIpc) is 3.22. The Bertz CT molecular complexity index is 1270. The lowest BCUT2D eigenvalue weighted by molar-refractivity contribution is 0.103. The molecule has 3 rings (SSSR count). The molecule has 0 aliphatic carbocycles. The number of sulfonamides is 1. The van der Waals surface area contributed by atoms with Gasteiger partial charge < -0.3 is 14.6 Å². The fourth-order valence-electron chi connectivity index (χ4n) is 3.54. The van der Waals surface area contributed by atoms with Crippen LogP contribution in [-0.2, 0) is 10.0 Å². The fraction of sp³-hybridized carbons (Fsp3) is 0.391. The number of H-pyrrole nitrogens is 1. The molecule has 2 heterocycles. The number of carbonyl (C=O) groups is 1. The Morgan fingerprint density at radius 1 is 1.21 bits per heavy atom. The van der Waals surface area contributed by atoms with Crippen molar-refractivity contribution in [3.8, 4) is 5.75 Å². The molecule has 0 saturated carbocycles. The number of aromatic nitrogens is 2. The number of benzene rings is 1. The number of hydrogen-bond donors (Lipinski definition) is 2. The minimum Gasteiger partial charge on any atom is -0.491 e. The molecule has 0 amide bonds. The number of halogens is 2. The van der Waals surface area contributed by atoms with Crippen molar-refractivity contribution in [1.29, 1.82) is 0 Å². The van der Waals surface area contributed by atoms with E-state index in [0.717, 1.165) is 25.2 Å². The van der Waals surface area contributed by atoms with Crippen LogP contribution in [0, 0.1) is 11.6 Å². The van der Waals surface area contributed by atoms with Gasteiger partial charge in [0.15, 0.2) is 5.82 Å². The van der Waals surface area contributed by atoms with Crippen molar-refractivity contribution < 1.29 is 26.7 Å². The Morgan fingerprint density at radius 3 is 2.62 bits per heavy atom. The van der Waals surface area contributed by atoms with E-state index in [0.29, 0.717) is 36.4 Å². The number of ether oxygens (including phenoxy) is 1. The zero-order chi connectivity index (χ0) is 24.9. The van der Waals surface area contributed by atoms with E-state index in [9.17, 15) is 17.6 Å². The maximum Gasteiger partial charge on any atom is 0.232 e. The van der Waals surface area contributed by atoms with Crippen LogP contribution in [0.3, 0.4) is 0 Å². The molecule has 0 saturated heterocycles. The van der Waals surface area contributed by atoms with Crippen molar-refractivity contribution in [3.63, 3.8) is 0 Å². The van der Waals surface area contributed by atoms with E-state index >= 15 is 4.39 Å². The molecule has 0 atom stereocenters. The van der Waals surface area contributed by atoms with E-state index in [1.165, 1.54) is 12.4 Å². The summed E-state index contributed by atoms with van der Waals surface area (Å²) in [7, 11) is -3.84. The van der Waals surface area contributed by atoms with Crippen LogP contribution in [0.1, 0.15) is 43.1 Å². The van der Waals surface area contributed by atoms with Gasteiger partial charge >= 0.3 is 0 Å². The summed E-state index contributed by atoms with van der Waals surface area (Å²) in [4.78, 5) is 22.4. The van der Waals surface area contributed by atoms with Gasteiger partial charge in [-0.1, -0.05) is 20.8 Å². The van der Waals surface area contributed by atoms with Gasteiger partial charge in [0.05, 0.1) is 23.2 Å². The first-order valence-corrected chi connectivity index (χ1v) is 12.7. The van der Waals surface area contributed by atoms with Crippen molar-refractivity contribution in [1.82, 2.24) is 14.9 Å². The lowest BCUT2D eigenvalue weighted by Crippen LogP contribution is -2.27. The Balaban J connectivity index is 1.91. The van der Waals surface area contributed by atoms with E-state index in [4.69, 9.17) is 4.74 Å². The molecule has 1 aromatic carbocycles. The SMILES string of the molecule is CCCS(=O)(=O)Nc1ccc(F)c(C(=O)c2c[nH]c3ncc(OCCN(CC)CC)cc23)c1F. The van der Waals surface area contributed by atoms with E-state index in [2.05, 4.69) is 33.4 Å². The normalized spacial score (nSPS) is 11.8. The number of carbonyl (C=O) groups excluding carboxylic acids is 1. The quantitative estimate of drug-likeness (QED) is 0.370. The zero-order valence-corrected chi connectivity index (χ0v) is 20.1. The van der Waals surface area contributed by atoms with Crippen molar-refractivity contribution in [2.45, 2.75) is 27.2 Å². The van der Waals surface area contributed by atoms with Gasteiger partial charge in [0, 0.05) is 23.7 Å². The van der Waals surface area contributed by atoms with Gasteiger partial charge in [-0.3, -0.25) is 9.52 Å². The highest BCUT2D eigenvalue weighted by Gasteiger charge is 2.26. The van der Waals surface area contributed by atoms with Crippen molar-refractivity contribution in [2.24, 2.45) is 0 Å². The molecule has 184 valence electrons. The van der Waals surface area contributed by atoms with Crippen LogP contribution < -0.4 is 9.46 Å². The van der Waals surface area contributed by atoms with E-state index in [-0.39, 0.29) is 11.3 Å². The summed E-state index contributed by atoms with van der Waals surface area (Å²) in [5.74, 6) is -3.15. The van der Waals surface area contributed by atoms with Crippen LogP contribution >= 0.6 is 0 Å². The molecule has 2 N–H and O–H groups in total. The summed E-state index contributed by atoms with van der Waals surface area (Å²) in [6, 6.07) is 3.39. The zero-order valence-electron chi connectivity index (χ0n) is 19.3. The van der Waals surface area contributed by atoms with Gasteiger partial charge in [-0.05, 0) is 37.7 Å². The largest absolute Gasteiger partial charge is 0.491 e. The van der Waals surface area contributed by atoms with E-state index in [1.54, 1.807) is 13.0 Å². The van der Waals surface area contributed by atoms with Crippen molar-refractivity contribution in [3.05, 3.63) is 53.4 Å². The molecular weight excluding hydrogens is 466 g/mol. The van der Waals surface area contributed by atoms with Crippen molar-refractivity contribution in [2.75, 3.05) is 36.7 Å². The number of ketones is 1. The van der Waals surface area contributed by atoms with Crippen molar-refractivity contribution >= 4 is 32.5 Å². The third kappa shape index (κ3) is 5.71. The molecule has 0 fully saturated rings. The maximum atomic E-state index is 15.1. The number of likely N-dealkylation sites (N-methyl/N-ethyl adjacent to an activating group) is 1. The number of nitrogens with zero attached hydrogens (tertiary/aromatic N) is 2. The topological polar surface area (TPSA) is 104 Å². The second-order valence-corrected chi connectivity index (χ2v) is 9.52. The van der Waals surface area contributed by atoms with Gasteiger partial charge in [0.1, 0.15) is 23.8 Å². The van der Waals surface area contributed by atoms with Crippen LogP contribution in [-0.4, -0.2) is 61.1 Å². The first kappa shape index (κ1) is 25.6. The standard InChI is InChI=1S/C23H28F2N4O4S/c1-4-11-34(31,32)28-19-8-7-18(24)20(21(19)25)22(30)17-14-27-23-16(17)12-15(13-26-23)33-10-9-29(5-2)6-3/h7-8,12-14,28H,4-6,9-11H2,1-3H3,(H,26,27). The number of nitrogens with one attached hydrogen (secondary N) is 2. The number of fused-ring (bicyclic) bond motifs is 1. The summed E-state index contributed by atoms with van der Waals surface area (Å²) in [6.45, 7) is 8.65. The predicted molar refractivity (Wildman–Crippen MR) is 127 cm³/mol. The summed E-state index contributed by atoms with van der Waals surface area (Å²) >= 11 is 0. The number of aromatic amines is 1. The van der Waals surface area contributed by atoms with Crippen LogP contribution in [0.15, 0.2) is 30.6 Å². The number of anilines is 1. The lowest BCUT2D eigenvalue weighted by atomic mass is 10.0. The average molecular weight is 495 g/mol. The van der Waals surface area contributed by atoms with Crippen LogP contribution in [0.4, 0.5) is 14.5 Å². The first-order chi connectivity index (χ1) is 16.2. The van der Waals surface area contributed by atoms with Gasteiger partial charge in [-0.15, -0.1) is 0 Å². The molecule has 8 nitrogen and oxygen atoms in total. The molecular formula is C23H28F2N4O4S. The molecule has 3 aromatic rings. The van der Waals surface area contributed by atoms with Gasteiger partial charge in [-0.25, -0.2) is 22.2 Å². The summed E-state index contributed by atoms with van der Waals surface area (Å²) in [6.07, 6.45) is 3.12. The van der Waals surface area contributed by atoms with Crippen LogP contribution in [0.25, 0.3) is 11.0 Å². The number of pyridine rings is 1. The molecule has 0 radical (unpaired) electrons. The molecule has 2 aromatic heterocycles. The van der Waals surface area contributed by atoms with Gasteiger partial charge in [0.25, 0.3) is 0 Å². The predicted octanol–water partition coefficient (Wildman–Crippen LogP) is 3.94. The minimum absolute atomic E-state index is 0.0111. The Morgan fingerprint density at radius 2 is 1.94 bits per heavy atom. The monoisotopic (exact) mass is 494 g/mol. The first-order valence-electron chi connectivity index (χ1n) is 11.1. The summed E-state index contributed by atoms with van der Waals surface area (Å²) < 4.78 is 61.5. The second kappa shape index (κ2) is 10.9. The van der Waals surface area contributed by atoms with Crippen LogP contribution in [0.2, 0.25) is 0 Å².